The van der Waals surface area contributed by atoms with Gasteiger partial charge in [0.2, 0.25) is 5.91 Å². The van der Waals surface area contributed by atoms with E-state index in [9.17, 15) is 9.59 Å². The molecule has 152 valence electrons. The molecule has 27 heavy (non-hydrogen) atoms. The predicted molar refractivity (Wildman–Crippen MR) is 110 cm³/mol. The number of hydrogen-bond acceptors (Lipinski definition) is 4. The van der Waals surface area contributed by atoms with Crippen LogP contribution in [0.15, 0.2) is 24.3 Å². The zero-order valence-corrected chi connectivity index (χ0v) is 17.6. The van der Waals surface area contributed by atoms with Crippen LogP contribution in [0.2, 0.25) is 0 Å². The van der Waals surface area contributed by atoms with Crippen LogP contribution >= 0.6 is 12.4 Å². The Hall–Kier alpha value is -1.59. The van der Waals surface area contributed by atoms with Crippen LogP contribution in [0.4, 0.5) is 0 Å². The van der Waals surface area contributed by atoms with Crippen molar-refractivity contribution in [1.29, 1.82) is 0 Å². The molecule has 0 saturated heterocycles. The zero-order valence-electron chi connectivity index (χ0n) is 16.8. The molecule has 1 fully saturated rings. The Morgan fingerprint density at radius 1 is 1.22 bits per heavy atom. The summed E-state index contributed by atoms with van der Waals surface area (Å²) in [7, 11) is 1.37. The van der Waals surface area contributed by atoms with E-state index in [1.165, 1.54) is 12.7 Å². The number of methoxy groups -OCH3 is 1. The topological polar surface area (TPSA) is 81.4 Å². The Bertz CT molecular complexity index is 625. The van der Waals surface area contributed by atoms with Crippen molar-refractivity contribution >= 4 is 24.3 Å². The fourth-order valence-corrected chi connectivity index (χ4v) is 3.47. The van der Waals surface area contributed by atoms with Crippen LogP contribution in [0.25, 0.3) is 0 Å². The second-order valence-electron chi connectivity index (χ2n) is 8.34. The first kappa shape index (κ1) is 23.4. The van der Waals surface area contributed by atoms with Gasteiger partial charge in [-0.2, -0.15) is 0 Å². The van der Waals surface area contributed by atoms with Gasteiger partial charge >= 0.3 is 5.97 Å². The summed E-state index contributed by atoms with van der Waals surface area (Å²) in [5.41, 5.74) is 8.19. The largest absolute Gasteiger partial charge is 0.469 e. The Balaban J connectivity index is 0.00000364. The highest BCUT2D eigenvalue weighted by Crippen LogP contribution is 2.27. The summed E-state index contributed by atoms with van der Waals surface area (Å²) in [6.45, 7) is 6.46. The fourth-order valence-electron chi connectivity index (χ4n) is 3.47. The Labute approximate surface area is 168 Å². The first-order chi connectivity index (χ1) is 12.2. The van der Waals surface area contributed by atoms with E-state index in [2.05, 4.69) is 38.2 Å². The van der Waals surface area contributed by atoms with Crippen molar-refractivity contribution in [2.75, 3.05) is 7.11 Å². The molecule has 0 heterocycles. The summed E-state index contributed by atoms with van der Waals surface area (Å²) < 4.78 is 4.81. The van der Waals surface area contributed by atoms with E-state index >= 15 is 0 Å². The average Bonchev–Trinajstić information content (AvgIpc) is 2.60. The highest BCUT2D eigenvalue weighted by molar-refractivity contribution is 5.85. The molecule has 6 heteroatoms. The van der Waals surface area contributed by atoms with Crippen molar-refractivity contribution < 1.29 is 14.3 Å². The van der Waals surface area contributed by atoms with Crippen LogP contribution in [0.5, 0.6) is 0 Å². The van der Waals surface area contributed by atoms with Gasteiger partial charge in [0.05, 0.1) is 19.6 Å². The zero-order chi connectivity index (χ0) is 19.3. The van der Waals surface area contributed by atoms with Gasteiger partial charge in [-0.15, -0.1) is 12.4 Å². The Kier molecular flexibility index (Phi) is 8.76. The minimum absolute atomic E-state index is 0. The van der Waals surface area contributed by atoms with Gasteiger partial charge in [-0.3, -0.25) is 9.59 Å². The molecule has 1 aromatic rings. The summed E-state index contributed by atoms with van der Waals surface area (Å²) in [6, 6.07) is 7.79. The molecule has 0 radical (unpaired) electrons. The lowest BCUT2D eigenvalue weighted by molar-refractivity contribution is -0.141. The minimum atomic E-state index is -0.387. The van der Waals surface area contributed by atoms with E-state index in [0.29, 0.717) is 6.42 Å². The number of halogens is 1. The quantitative estimate of drug-likeness (QED) is 0.744. The molecule has 0 aromatic heterocycles. The molecule has 1 amide bonds. The van der Waals surface area contributed by atoms with Gasteiger partial charge in [0, 0.05) is 12.0 Å². The van der Waals surface area contributed by atoms with Gasteiger partial charge in [0.15, 0.2) is 0 Å². The molecule has 1 aromatic carbocycles. The normalized spacial score (nSPS) is 20.9. The molecule has 1 aliphatic carbocycles. The highest BCUT2D eigenvalue weighted by Gasteiger charge is 2.28. The summed E-state index contributed by atoms with van der Waals surface area (Å²) in [4.78, 5) is 24.5. The van der Waals surface area contributed by atoms with Gasteiger partial charge in [-0.05, 0) is 35.8 Å². The van der Waals surface area contributed by atoms with Crippen LogP contribution in [0.1, 0.15) is 70.0 Å². The smallest absolute Gasteiger partial charge is 0.307 e. The Morgan fingerprint density at radius 2 is 1.85 bits per heavy atom. The molecular formula is C21H33ClN2O3. The second kappa shape index (κ2) is 10.1. The van der Waals surface area contributed by atoms with Crippen molar-refractivity contribution in [2.24, 2.45) is 11.7 Å². The molecule has 3 N–H and O–H groups in total. The number of carbonyl (C=O) groups excluding carboxylic acids is 2. The van der Waals surface area contributed by atoms with Crippen molar-refractivity contribution in [3.05, 3.63) is 35.4 Å². The standard InChI is InChI=1S/C21H32N2O3.ClH/c1-21(2,3)16-10-8-14(9-11-16)18(13-19(24)26-4)23-20(25)15-6-5-7-17(22)12-15;/h8-11,15,17-18H,5-7,12-13,22H2,1-4H3,(H,23,25);1H. The minimum Gasteiger partial charge on any atom is -0.469 e. The van der Waals surface area contributed by atoms with Crippen LogP contribution in [-0.4, -0.2) is 25.0 Å². The molecule has 3 atom stereocenters. The highest BCUT2D eigenvalue weighted by atomic mass is 35.5. The van der Waals surface area contributed by atoms with Crippen molar-refractivity contribution in [3.8, 4) is 0 Å². The molecule has 2 rings (SSSR count). The molecule has 1 aliphatic rings. The molecule has 3 unspecified atom stereocenters. The van der Waals surface area contributed by atoms with Crippen molar-refractivity contribution in [3.63, 3.8) is 0 Å². The third-order valence-corrected chi connectivity index (χ3v) is 5.18. The molecule has 0 aliphatic heterocycles. The first-order valence-electron chi connectivity index (χ1n) is 9.44. The van der Waals surface area contributed by atoms with Crippen molar-refractivity contribution in [1.82, 2.24) is 5.32 Å². The number of amides is 1. The van der Waals surface area contributed by atoms with Gasteiger partial charge in [0.25, 0.3) is 0 Å². The lowest BCUT2D eigenvalue weighted by Crippen LogP contribution is -2.40. The van der Waals surface area contributed by atoms with E-state index in [4.69, 9.17) is 10.5 Å². The molecular weight excluding hydrogens is 364 g/mol. The second-order valence-corrected chi connectivity index (χ2v) is 8.34. The summed E-state index contributed by atoms with van der Waals surface area (Å²) >= 11 is 0. The van der Waals surface area contributed by atoms with Crippen LogP contribution in [0.3, 0.4) is 0 Å². The predicted octanol–water partition coefficient (Wildman–Crippen LogP) is 3.64. The van der Waals surface area contributed by atoms with Gasteiger partial charge in [-0.1, -0.05) is 51.5 Å². The number of esters is 1. The first-order valence-corrected chi connectivity index (χ1v) is 9.44. The van der Waals surface area contributed by atoms with E-state index in [1.54, 1.807) is 0 Å². The van der Waals surface area contributed by atoms with E-state index in [0.717, 1.165) is 24.8 Å². The van der Waals surface area contributed by atoms with Crippen molar-refractivity contribution in [2.45, 2.75) is 70.4 Å². The number of rotatable bonds is 5. The third-order valence-electron chi connectivity index (χ3n) is 5.18. The average molecular weight is 397 g/mol. The number of benzene rings is 1. The molecule has 1 saturated carbocycles. The summed E-state index contributed by atoms with van der Waals surface area (Å²) in [5.74, 6) is -0.433. The number of nitrogens with one attached hydrogen (secondary N) is 1. The number of ether oxygens (including phenoxy) is 1. The SMILES string of the molecule is COC(=O)CC(NC(=O)C1CCCC(N)C1)c1ccc(C(C)(C)C)cc1.Cl. The van der Waals surface area contributed by atoms with Gasteiger partial charge in [0.1, 0.15) is 0 Å². The molecule has 0 bridgehead atoms. The van der Waals surface area contributed by atoms with Crippen LogP contribution in [-0.2, 0) is 19.7 Å². The van der Waals surface area contributed by atoms with Gasteiger partial charge in [-0.25, -0.2) is 0 Å². The van der Waals surface area contributed by atoms with E-state index in [1.807, 2.05) is 12.1 Å². The monoisotopic (exact) mass is 396 g/mol. The van der Waals surface area contributed by atoms with E-state index in [-0.39, 0.29) is 54.1 Å². The van der Waals surface area contributed by atoms with E-state index < -0.39 is 0 Å². The number of hydrogen-bond donors (Lipinski definition) is 2. The maximum atomic E-state index is 12.7. The summed E-state index contributed by atoms with van der Waals surface area (Å²) in [5, 5.41) is 3.05. The number of nitrogens with two attached hydrogens (primary N) is 1. The third kappa shape index (κ3) is 6.82. The Morgan fingerprint density at radius 3 is 2.37 bits per heavy atom. The maximum Gasteiger partial charge on any atom is 0.307 e. The molecule has 5 nitrogen and oxygen atoms in total. The maximum absolute atomic E-state index is 12.7. The lowest BCUT2D eigenvalue weighted by Gasteiger charge is -2.28. The molecule has 0 spiro atoms. The van der Waals surface area contributed by atoms with Gasteiger partial charge < -0.3 is 15.8 Å². The lowest BCUT2D eigenvalue weighted by atomic mass is 9.84. The number of carbonyl (C=O) groups is 2. The van der Waals surface area contributed by atoms with Crippen LogP contribution in [0, 0.1) is 5.92 Å². The fraction of sp³-hybridized carbons (Fsp3) is 0.619. The van der Waals surface area contributed by atoms with Crippen LogP contribution < -0.4 is 11.1 Å². The summed E-state index contributed by atoms with van der Waals surface area (Å²) in [6.07, 6.45) is 3.63.